The Kier molecular flexibility index (Phi) is 8.11. The van der Waals surface area contributed by atoms with Gasteiger partial charge in [-0.3, -0.25) is 0 Å². The summed E-state index contributed by atoms with van der Waals surface area (Å²) in [6.45, 7) is 0. The second kappa shape index (κ2) is 14.1. The molecule has 10 aromatic rings. The third-order valence-corrected chi connectivity index (χ3v) is 12.8. The summed E-state index contributed by atoms with van der Waals surface area (Å²) in [5, 5.41) is 0. The molecule has 0 bridgehead atoms. The van der Waals surface area contributed by atoms with Crippen LogP contribution in [0.25, 0.3) is 89.5 Å². The largest absolute Gasteiger partial charge is 0.228 e. The van der Waals surface area contributed by atoms with E-state index in [1.165, 1.54) is 72.3 Å². The van der Waals surface area contributed by atoms with Gasteiger partial charge < -0.3 is 0 Å². The van der Waals surface area contributed by atoms with Gasteiger partial charge >= 0.3 is 0 Å². The van der Waals surface area contributed by atoms with Crippen molar-refractivity contribution in [2.24, 2.45) is 0 Å². The third-order valence-electron chi connectivity index (χ3n) is 12.8. The molecule has 12 rings (SSSR count). The molecule has 0 atom stereocenters. The zero-order valence-electron chi connectivity index (χ0n) is 33.3. The van der Waals surface area contributed by atoms with E-state index < -0.39 is 5.41 Å². The van der Waals surface area contributed by atoms with Gasteiger partial charge in [-0.15, -0.1) is 0 Å². The van der Waals surface area contributed by atoms with E-state index >= 15 is 0 Å². The zero-order chi connectivity index (χ0) is 40.3. The van der Waals surface area contributed by atoms with Crippen LogP contribution in [0.3, 0.4) is 0 Å². The van der Waals surface area contributed by atoms with Gasteiger partial charge in [0.05, 0.1) is 16.8 Å². The average Bonchev–Trinajstić information content (AvgIpc) is 3.58. The van der Waals surface area contributed by atoms with Gasteiger partial charge in [-0.25, -0.2) is 9.97 Å². The highest BCUT2D eigenvalue weighted by atomic mass is 14.9. The van der Waals surface area contributed by atoms with Crippen molar-refractivity contribution in [3.8, 4) is 89.5 Å². The Morgan fingerprint density at radius 2 is 0.574 bits per heavy atom. The van der Waals surface area contributed by atoms with Crippen LogP contribution in [0, 0.1) is 0 Å². The molecule has 1 aromatic heterocycles. The highest BCUT2D eigenvalue weighted by Gasteiger charge is 2.49. The summed E-state index contributed by atoms with van der Waals surface area (Å²) in [5.74, 6) is 0.695. The van der Waals surface area contributed by atoms with Crippen LogP contribution in [-0.2, 0) is 5.41 Å². The van der Waals surface area contributed by atoms with Crippen molar-refractivity contribution in [2.45, 2.75) is 5.41 Å². The van der Waals surface area contributed by atoms with E-state index in [9.17, 15) is 0 Å². The lowest BCUT2D eigenvalue weighted by Crippen LogP contribution is -2.29. The standard InChI is InChI=1S/C59H38N2/c1-3-15-39(16-4-1)41-27-31-43(32-28-41)56-38-57(61-58(60-56)44-33-29-42(30-34-44)40-17-5-2-6-18-40)45-35-36-55-51(37-45)50-23-11-14-26-54(50)59(55)52-24-12-9-21-48(52)46-19-7-8-20-47(46)49-22-10-13-25-53(49)59/h1-38H. The third kappa shape index (κ3) is 5.57. The highest BCUT2D eigenvalue weighted by molar-refractivity contribution is 5.98. The van der Waals surface area contributed by atoms with Crippen LogP contribution in [0.2, 0.25) is 0 Å². The predicted molar refractivity (Wildman–Crippen MR) is 251 cm³/mol. The molecule has 1 heterocycles. The topological polar surface area (TPSA) is 25.8 Å². The molecule has 9 aromatic carbocycles. The van der Waals surface area contributed by atoms with E-state index in [2.05, 4.69) is 231 Å². The average molecular weight is 775 g/mol. The number of hydrogen-bond acceptors (Lipinski definition) is 2. The fourth-order valence-electron chi connectivity index (χ4n) is 9.99. The molecule has 2 nitrogen and oxygen atoms in total. The minimum atomic E-state index is -0.528. The first-order chi connectivity index (χ1) is 30.2. The number of hydrogen-bond donors (Lipinski definition) is 0. The zero-order valence-corrected chi connectivity index (χ0v) is 33.3. The monoisotopic (exact) mass is 774 g/mol. The predicted octanol–water partition coefficient (Wildman–Crippen LogP) is 14.8. The molecule has 0 amide bonds. The van der Waals surface area contributed by atoms with Crippen molar-refractivity contribution in [3.63, 3.8) is 0 Å². The van der Waals surface area contributed by atoms with Gasteiger partial charge in [-0.05, 0) is 90.0 Å². The van der Waals surface area contributed by atoms with Crippen LogP contribution in [0.15, 0.2) is 231 Å². The Labute approximate surface area is 356 Å². The molecule has 0 saturated heterocycles. The molecule has 0 saturated carbocycles. The molecule has 61 heavy (non-hydrogen) atoms. The lowest BCUT2D eigenvalue weighted by molar-refractivity contribution is 0.775. The van der Waals surface area contributed by atoms with Gasteiger partial charge in [0.25, 0.3) is 0 Å². The summed E-state index contributed by atoms with van der Waals surface area (Å²) in [6, 6.07) is 83.5. The second-order valence-corrected chi connectivity index (χ2v) is 16.0. The van der Waals surface area contributed by atoms with Crippen LogP contribution in [-0.4, -0.2) is 9.97 Å². The fraction of sp³-hybridized carbons (Fsp3) is 0.0169. The summed E-state index contributed by atoms with van der Waals surface area (Å²) in [6.07, 6.45) is 0. The van der Waals surface area contributed by atoms with E-state index in [-0.39, 0.29) is 0 Å². The lowest BCUT2D eigenvalue weighted by Gasteiger charge is -2.35. The summed E-state index contributed by atoms with van der Waals surface area (Å²) < 4.78 is 0. The van der Waals surface area contributed by atoms with Gasteiger partial charge in [0, 0.05) is 16.7 Å². The van der Waals surface area contributed by atoms with E-state index in [1.807, 2.05) is 0 Å². The van der Waals surface area contributed by atoms with Crippen molar-refractivity contribution in [2.75, 3.05) is 0 Å². The van der Waals surface area contributed by atoms with E-state index in [1.54, 1.807) is 0 Å². The molecular formula is C59H38N2. The summed E-state index contributed by atoms with van der Waals surface area (Å²) in [4.78, 5) is 10.6. The van der Waals surface area contributed by atoms with Crippen LogP contribution in [0.5, 0.6) is 0 Å². The highest BCUT2D eigenvalue weighted by Crippen LogP contribution is 2.61. The maximum absolute atomic E-state index is 5.36. The second-order valence-electron chi connectivity index (χ2n) is 16.0. The van der Waals surface area contributed by atoms with Gasteiger partial charge in [0.15, 0.2) is 5.82 Å². The van der Waals surface area contributed by atoms with E-state index in [0.29, 0.717) is 5.82 Å². The van der Waals surface area contributed by atoms with E-state index in [0.717, 1.165) is 33.6 Å². The number of rotatable bonds is 5. The van der Waals surface area contributed by atoms with Crippen molar-refractivity contribution < 1.29 is 0 Å². The van der Waals surface area contributed by atoms with Crippen LogP contribution >= 0.6 is 0 Å². The van der Waals surface area contributed by atoms with Gasteiger partial charge in [-0.1, -0.05) is 218 Å². The molecule has 2 aliphatic carbocycles. The van der Waals surface area contributed by atoms with Gasteiger partial charge in [0.2, 0.25) is 0 Å². The molecule has 284 valence electrons. The number of nitrogens with zero attached hydrogens (tertiary/aromatic N) is 2. The van der Waals surface area contributed by atoms with E-state index in [4.69, 9.17) is 9.97 Å². The van der Waals surface area contributed by atoms with Crippen molar-refractivity contribution in [3.05, 3.63) is 253 Å². The Hall–Kier alpha value is -7.94. The van der Waals surface area contributed by atoms with Crippen LogP contribution in [0.1, 0.15) is 22.3 Å². The summed E-state index contributed by atoms with van der Waals surface area (Å²) in [5.41, 5.74) is 21.7. The summed E-state index contributed by atoms with van der Waals surface area (Å²) in [7, 11) is 0. The smallest absolute Gasteiger partial charge is 0.160 e. The van der Waals surface area contributed by atoms with Crippen molar-refractivity contribution in [1.29, 1.82) is 0 Å². The van der Waals surface area contributed by atoms with Crippen LogP contribution < -0.4 is 0 Å². The van der Waals surface area contributed by atoms with Crippen molar-refractivity contribution >= 4 is 0 Å². The van der Waals surface area contributed by atoms with Crippen LogP contribution in [0.4, 0.5) is 0 Å². The maximum Gasteiger partial charge on any atom is 0.160 e. The minimum absolute atomic E-state index is 0.528. The fourth-order valence-corrected chi connectivity index (χ4v) is 9.99. The molecule has 2 aliphatic rings. The molecular weight excluding hydrogens is 737 g/mol. The molecule has 0 radical (unpaired) electrons. The molecule has 2 heteroatoms. The SMILES string of the molecule is c1ccc(-c2ccc(-c3cc(-c4ccc5c(c4)-c4ccccc4C54c5ccccc5-c5ccccc5-c5ccccc54)nc(-c4ccc(-c5ccccc5)cc4)n3)cc2)cc1. The van der Waals surface area contributed by atoms with Crippen molar-refractivity contribution in [1.82, 2.24) is 9.97 Å². The first kappa shape index (κ1) is 35.0. The minimum Gasteiger partial charge on any atom is -0.228 e. The molecule has 1 spiro atoms. The molecule has 0 fully saturated rings. The Balaban J connectivity index is 1.05. The lowest BCUT2D eigenvalue weighted by atomic mass is 9.66. The maximum atomic E-state index is 5.36. The first-order valence-electron chi connectivity index (χ1n) is 21.0. The normalized spacial score (nSPS) is 12.7. The number of aromatic nitrogens is 2. The molecule has 0 N–H and O–H groups in total. The first-order valence-corrected chi connectivity index (χ1v) is 21.0. The Morgan fingerprint density at radius 3 is 1.08 bits per heavy atom. The number of benzene rings is 9. The molecule has 0 aliphatic heterocycles. The Bertz CT molecular complexity index is 3110. The van der Waals surface area contributed by atoms with Gasteiger partial charge in [-0.2, -0.15) is 0 Å². The molecule has 0 unspecified atom stereocenters. The van der Waals surface area contributed by atoms with Gasteiger partial charge in [0.1, 0.15) is 0 Å². The quantitative estimate of drug-likeness (QED) is 0.174. The Morgan fingerprint density at radius 1 is 0.230 bits per heavy atom. The number of fused-ring (bicyclic) bond motifs is 12. The summed E-state index contributed by atoms with van der Waals surface area (Å²) >= 11 is 0.